The third-order valence-corrected chi connectivity index (χ3v) is 12.4. The first-order valence-electron chi connectivity index (χ1n) is 22.1. The number of carbonyl (C=O) groups is 2. The van der Waals surface area contributed by atoms with Crippen LogP contribution in [0.25, 0.3) is 0 Å². The maximum Gasteiger partial charge on any atom is 0.410 e. The minimum absolute atomic E-state index is 0.0152. The average Bonchev–Trinajstić information content (AvgIpc) is 3.29. The van der Waals surface area contributed by atoms with Gasteiger partial charge in [-0.05, 0) is 111 Å². The summed E-state index contributed by atoms with van der Waals surface area (Å²) in [6.45, 7) is 6.69. The van der Waals surface area contributed by atoms with Gasteiger partial charge >= 0.3 is 6.09 Å². The maximum atomic E-state index is 14.4. The molecule has 1 saturated carbocycles. The van der Waals surface area contributed by atoms with Crippen LogP contribution >= 0.6 is 0 Å². The fraction of sp³-hybridized carbons (Fsp3) is 0.490. The molecule has 0 aromatic heterocycles. The van der Waals surface area contributed by atoms with Gasteiger partial charge in [0.15, 0.2) is 0 Å². The Hall–Kier alpha value is -5.08. The Kier molecular flexibility index (Phi) is 15.5. The molecule has 7 unspecified atom stereocenters. The molecule has 62 heavy (non-hydrogen) atoms. The van der Waals surface area contributed by atoms with E-state index in [4.69, 9.17) is 33.7 Å². The molecule has 2 heterocycles. The van der Waals surface area contributed by atoms with Crippen molar-refractivity contribution >= 4 is 18.1 Å². The van der Waals surface area contributed by atoms with Crippen molar-refractivity contribution < 1.29 is 52.7 Å². The number of halogens is 1. The second-order valence-corrected chi connectivity index (χ2v) is 16.4. The highest BCUT2D eigenvalue weighted by Gasteiger charge is 2.65. The molecule has 0 radical (unpaired) electrons. The molecule has 1 saturated heterocycles. The van der Waals surface area contributed by atoms with E-state index in [2.05, 4.69) is 12.7 Å². The first-order valence-corrected chi connectivity index (χ1v) is 22.1. The molecule has 2 fully saturated rings. The van der Waals surface area contributed by atoms with Crippen molar-refractivity contribution in [3.05, 3.63) is 114 Å². The topological polar surface area (TPSA) is 146 Å². The van der Waals surface area contributed by atoms with Gasteiger partial charge in [0.1, 0.15) is 35.4 Å². The van der Waals surface area contributed by atoms with Gasteiger partial charge in [0, 0.05) is 49.6 Å². The zero-order valence-corrected chi connectivity index (χ0v) is 35.5. The molecule has 7 atom stereocenters. The molecule has 7 rings (SSSR count). The largest absolute Gasteiger partial charge is 0.459 e. The number of amides is 1. The number of unbranched alkanes of at least 4 members (excludes halogenated alkanes) is 2. The zero-order chi connectivity index (χ0) is 43.5. The van der Waals surface area contributed by atoms with Gasteiger partial charge in [-0.25, -0.2) is 9.18 Å². The first kappa shape index (κ1) is 45.0. The lowest BCUT2D eigenvalue weighted by atomic mass is 9.55. The molecule has 2 aliphatic carbocycles. The minimum Gasteiger partial charge on any atom is -0.459 e. The molecular formula is C49H59FN2O10. The standard InChI is InChI=1S/C49H59FN2O10/c1-3-25-59-49-44(52(48(56)57-4-2)31-33-17-19-36(50)20-18-33)30-42(51-62-45-16-7-10-26-58-45)40-28-35(13-5-8-23-53)39(15-6-9-24-54)46(47(40)49)41-29-38(21-22-43(41)61-49)60-37-14-11-12-34(27-37)32-55/h3,11-12,14,17-22,27-29,32,35,39,44-47,53-54H,1,4-10,13,15-16,23-26,30-31H2,2H3. The van der Waals surface area contributed by atoms with Crippen molar-refractivity contribution in [2.24, 2.45) is 22.9 Å². The van der Waals surface area contributed by atoms with E-state index in [9.17, 15) is 24.2 Å². The van der Waals surface area contributed by atoms with E-state index in [1.807, 2.05) is 18.2 Å². The molecule has 0 spiro atoms. The summed E-state index contributed by atoms with van der Waals surface area (Å²) in [5.74, 6) is -1.22. The summed E-state index contributed by atoms with van der Waals surface area (Å²) in [5, 5.41) is 24.8. The molecule has 332 valence electrons. The van der Waals surface area contributed by atoms with Crippen LogP contribution in [0.15, 0.2) is 96.2 Å². The Bertz CT molecular complexity index is 2050. The maximum absolute atomic E-state index is 14.4. The number of hydrogen-bond acceptors (Lipinski definition) is 11. The highest BCUT2D eigenvalue weighted by Crippen LogP contribution is 2.62. The number of nitrogens with zero attached hydrogens (tertiary/aromatic N) is 2. The predicted octanol–water partition coefficient (Wildman–Crippen LogP) is 9.25. The molecule has 0 bridgehead atoms. The van der Waals surface area contributed by atoms with Crippen molar-refractivity contribution in [2.75, 3.05) is 33.0 Å². The molecule has 1 amide bonds. The van der Waals surface area contributed by atoms with Gasteiger partial charge in [0.05, 0.1) is 31.5 Å². The second kappa shape index (κ2) is 21.3. The van der Waals surface area contributed by atoms with Crippen LogP contribution < -0.4 is 9.47 Å². The Morgan fingerprint density at radius 3 is 2.53 bits per heavy atom. The predicted molar refractivity (Wildman–Crippen MR) is 231 cm³/mol. The number of benzene rings is 3. The van der Waals surface area contributed by atoms with Gasteiger partial charge in [-0.15, -0.1) is 6.58 Å². The lowest BCUT2D eigenvalue weighted by Crippen LogP contribution is -2.70. The van der Waals surface area contributed by atoms with Crippen molar-refractivity contribution in [3.63, 3.8) is 0 Å². The third kappa shape index (κ3) is 10.1. The van der Waals surface area contributed by atoms with E-state index in [0.29, 0.717) is 60.0 Å². The third-order valence-electron chi connectivity index (χ3n) is 12.4. The summed E-state index contributed by atoms with van der Waals surface area (Å²) in [4.78, 5) is 33.9. The summed E-state index contributed by atoms with van der Waals surface area (Å²) < 4.78 is 46.8. The van der Waals surface area contributed by atoms with Crippen LogP contribution in [0, 0.1) is 23.6 Å². The summed E-state index contributed by atoms with van der Waals surface area (Å²) >= 11 is 0. The Morgan fingerprint density at radius 2 is 1.81 bits per heavy atom. The molecule has 2 N–H and O–H groups in total. The van der Waals surface area contributed by atoms with Gasteiger partial charge in [0.2, 0.25) is 12.1 Å². The molecule has 12 nitrogen and oxygen atoms in total. The van der Waals surface area contributed by atoms with Crippen molar-refractivity contribution in [2.45, 2.75) is 102 Å². The minimum atomic E-state index is -1.53. The van der Waals surface area contributed by atoms with Crippen molar-refractivity contribution in [1.82, 2.24) is 4.90 Å². The molecular weight excluding hydrogens is 796 g/mol. The van der Waals surface area contributed by atoms with Gasteiger partial charge in [-0.1, -0.05) is 54.4 Å². The van der Waals surface area contributed by atoms with Crippen molar-refractivity contribution in [3.8, 4) is 17.2 Å². The van der Waals surface area contributed by atoms with Crippen LogP contribution in [0.5, 0.6) is 17.2 Å². The number of ether oxygens (including phenoxy) is 5. The van der Waals surface area contributed by atoms with Crippen LogP contribution in [0.2, 0.25) is 0 Å². The fourth-order valence-electron chi connectivity index (χ4n) is 9.71. The van der Waals surface area contributed by atoms with E-state index < -0.39 is 35.9 Å². The summed E-state index contributed by atoms with van der Waals surface area (Å²) in [5.41, 5.74) is 3.53. The SMILES string of the molecule is C=CCOC12Oc3ccc(Oc4cccc(C=O)c4)cc3C3C(CCCCO)C(CCCCO)C=C(C(=NOC4CCCCO4)CC1N(Cc1ccc(F)cc1)C(=O)OCC)C32. The fourth-order valence-corrected chi connectivity index (χ4v) is 9.71. The summed E-state index contributed by atoms with van der Waals surface area (Å²) in [6.07, 6.45) is 10.6. The molecule has 3 aromatic rings. The number of aliphatic hydroxyl groups is 2. The Morgan fingerprint density at radius 1 is 1.02 bits per heavy atom. The second-order valence-electron chi connectivity index (χ2n) is 16.4. The first-order chi connectivity index (χ1) is 30.3. The van der Waals surface area contributed by atoms with E-state index in [1.165, 1.54) is 12.1 Å². The van der Waals surface area contributed by atoms with Gasteiger partial charge in [-0.2, -0.15) is 0 Å². The highest BCUT2D eigenvalue weighted by atomic mass is 19.1. The van der Waals surface area contributed by atoms with Crippen LogP contribution in [-0.2, 0) is 25.6 Å². The average molecular weight is 855 g/mol. The Balaban J connectivity index is 1.45. The Labute approximate surface area is 363 Å². The number of carbonyl (C=O) groups excluding carboxylic acids is 2. The summed E-state index contributed by atoms with van der Waals surface area (Å²) in [7, 11) is 0. The van der Waals surface area contributed by atoms with Gasteiger partial charge < -0.3 is 38.7 Å². The number of hydrogen-bond donors (Lipinski definition) is 2. The van der Waals surface area contributed by atoms with E-state index in [-0.39, 0.29) is 57.1 Å². The van der Waals surface area contributed by atoms with E-state index in [0.717, 1.165) is 55.9 Å². The van der Waals surface area contributed by atoms with Crippen LogP contribution in [-0.4, -0.2) is 84.4 Å². The van der Waals surface area contributed by atoms with Crippen LogP contribution in [0.4, 0.5) is 9.18 Å². The zero-order valence-electron chi connectivity index (χ0n) is 35.5. The lowest BCUT2D eigenvalue weighted by molar-refractivity contribution is -0.256. The van der Waals surface area contributed by atoms with Crippen LogP contribution in [0.1, 0.15) is 98.5 Å². The number of rotatable bonds is 20. The van der Waals surface area contributed by atoms with E-state index in [1.54, 1.807) is 54.3 Å². The molecule has 2 aliphatic heterocycles. The summed E-state index contributed by atoms with van der Waals surface area (Å²) in [6, 6.07) is 17.8. The van der Waals surface area contributed by atoms with E-state index >= 15 is 0 Å². The number of oxime groups is 1. The molecule has 4 aliphatic rings. The molecule has 3 aromatic carbocycles. The van der Waals surface area contributed by atoms with Crippen molar-refractivity contribution in [1.29, 1.82) is 0 Å². The number of aldehydes is 1. The van der Waals surface area contributed by atoms with Gasteiger partial charge in [-0.3, -0.25) is 9.69 Å². The number of allylic oxidation sites excluding steroid dienone is 1. The van der Waals surface area contributed by atoms with Crippen LogP contribution in [0.3, 0.4) is 0 Å². The normalized spacial score (nSPS) is 25.7. The number of aliphatic hydroxyl groups excluding tert-OH is 2. The molecule has 13 heteroatoms. The lowest BCUT2D eigenvalue weighted by Gasteiger charge is -2.59. The number of fused-ring (bicyclic) bond motifs is 2. The van der Waals surface area contributed by atoms with Gasteiger partial charge in [0.25, 0.3) is 0 Å². The quantitative estimate of drug-likeness (QED) is 0.0488. The smallest absolute Gasteiger partial charge is 0.410 e. The monoisotopic (exact) mass is 854 g/mol. The highest BCUT2D eigenvalue weighted by molar-refractivity contribution is 6.03.